The molecule has 2 fully saturated rings. The maximum atomic E-state index is 12.0. The van der Waals surface area contributed by atoms with Gasteiger partial charge in [-0.15, -0.1) is 0 Å². The molecular weight excluding hydrogens is 254 g/mol. The standard InChI is InChI=1S/C15H27N3O2/c1-2-3-6-14(19)17-10-7-12(8-11-17)18-9-4-5-13(18)15(16)20/h12-13H,2-11H2,1H3,(H2,16,20). The Morgan fingerprint density at radius 1 is 1.15 bits per heavy atom. The average molecular weight is 281 g/mol. The summed E-state index contributed by atoms with van der Waals surface area (Å²) in [6.45, 7) is 4.74. The maximum Gasteiger partial charge on any atom is 0.234 e. The number of piperidine rings is 1. The predicted octanol–water partition coefficient (Wildman–Crippen LogP) is 1.12. The first-order valence-electron chi connectivity index (χ1n) is 7.96. The first-order valence-corrected chi connectivity index (χ1v) is 7.96. The fourth-order valence-electron chi connectivity index (χ4n) is 3.46. The monoisotopic (exact) mass is 281 g/mol. The van der Waals surface area contributed by atoms with Crippen LogP contribution in [0.4, 0.5) is 0 Å². The van der Waals surface area contributed by atoms with Gasteiger partial charge in [-0.2, -0.15) is 0 Å². The van der Waals surface area contributed by atoms with Crippen LogP contribution < -0.4 is 5.73 Å². The highest BCUT2D eigenvalue weighted by atomic mass is 16.2. The number of hydrogen-bond acceptors (Lipinski definition) is 3. The quantitative estimate of drug-likeness (QED) is 0.821. The maximum absolute atomic E-state index is 12.0. The lowest BCUT2D eigenvalue weighted by molar-refractivity contribution is -0.133. The zero-order valence-electron chi connectivity index (χ0n) is 12.5. The van der Waals surface area contributed by atoms with Gasteiger partial charge in [-0.05, 0) is 38.6 Å². The third-order valence-electron chi connectivity index (χ3n) is 4.65. The number of carbonyl (C=O) groups is 2. The van der Waals surface area contributed by atoms with Crippen LogP contribution in [0.15, 0.2) is 0 Å². The van der Waals surface area contributed by atoms with E-state index in [9.17, 15) is 9.59 Å². The van der Waals surface area contributed by atoms with Crippen LogP contribution in [0.5, 0.6) is 0 Å². The highest BCUT2D eigenvalue weighted by molar-refractivity contribution is 5.80. The molecule has 1 unspecified atom stereocenters. The lowest BCUT2D eigenvalue weighted by Crippen LogP contribution is -2.51. The van der Waals surface area contributed by atoms with E-state index in [0.717, 1.165) is 58.2 Å². The van der Waals surface area contributed by atoms with Crippen LogP contribution in [0.3, 0.4) is 0 Å². The van der Waals surface area contributed by atoms with Gasteiger partial charge in [0.25, 0.3) is 0 Å². The van der Waals surface area contributed by atoms with Crippen molar-refractivity contribution >= 4 is 11.8 Å². The number of primary amides is 1. The van der Waals surface area contributed by atoms with Crippen LogP contribution in [0.25, 0.3) is 0 Å². The van der Waals surface area contributed by atoms with Gasteiger partial charge in [-0.1, -0.05) is 13.3 Å². The van der Waals surface area contributed by atoms with E-state index in [1.54, 1.807) is 0 Å². The molecular formula is C15H27N3O2. The molecule has 2 saturated heterocycles. The van der Waals surface area contributed by atoms with Gasteiger partial charge in [0.05, 0.1) is 6.04 Å². The Hall–Kier alpha value is -1.10. The number of amides is 2. The molecule has 0 spiro atoms. The number of rotatable bonds is 5. The summed E-state index contributed by atoms with van der Waals surface area (Å²) in [6, 6.07) is 0.340. The van der Waals surface area contributed by atoms with Crippen LogP contribution >= 0.6 is 0 Å². The molecule has 0 aromatic rings. The van der Waals surface area contributed by atoms with Crippen LogP contribution in [0, 0.1) is 0 Å². The van der Waals surface area contributed by atoms with Crippen molar-refractivity contribution in [1.82, 2.24) is 9.80 Å². The third-order valence-corrected chi connectivity index (χ3v) is 4.65. The lowest BCUT2D eigenvalue weighted by atomic mass is 10.0. The minimum Gasteiger partial charge on any atom is -0.368 e. The molecule has 114 valence electrons. The summed E-state index contributed by atoms with van der Waals surface area (Å²) in [5.41, 5.74) is 5.48. The van der Waals surface area contributed by atoms with Crippen molar-refractivity contribution in [1.29, 1.82) is 0 Å². The van der Waals surface area contributed by atoms with Crippen LogP contribution in [-0.4, -0.2) is 53.3 Å². The molecule has 0 aromatic heterocycles. The molecule has 0 aliphatic carbocycles. The van der Waals surface area contributed by atoms with E-state index in [1.165, 1.54) is 0 Å². The number of likely N-dealkylation sites (tertiary alicyclic amines) is 2. The number of nitrogens with two attached hydrogens (primary N) is 1. The van der Waals surface area contributed by atoms with E-state index in [0.29, 0.717) is 12.5 Å². The Bertz CT molecular complexity index is 351. The Labute approximate surface area is 121 Å². The number of nitrogens with zero attached hydrogens (tertiary/aromatic N) is 2. The molecule has 2 amide bonds. The Balaban J connectivity index is 1.82. The first kappa shape index (κ1) is 15.3. The van der Waals surface area contributed by atoms with Crippen molar-refractivity contribution < 1.29 is 9.59 Å². The van der Waals surface area contributed by atoms with Crippen LogP contribution in [0.1, 0.15) is 51.9 Å². The van der Waals surface area contributed by atoms with Crippen molar-refractivity contribution in [2.45, 2.75) is 64.0 Å². The minimum atomic E-state index is -0.191. The molecule has 0 bridgehead atoms. The number of carbonyl (C=O) groups excluding carboxylic acids is 2. The Kier molecular flexibility index (Phi) is 5.40. The minimum absolute atomic E-state index is 0.0812. The van der Waals surface area contributed by atoms with Gasteiger partial charge in [0.2, 0.25) is 11.8 Å². The van der Waals surface area contributed by atoms with Gasteiger partial charge in [-0.3, -0.25) is 14.5 Å². The zero-order valence-corrected chi connectivity index (χ0v) is 12.5. The van der Waals surface area contributed by atoms with E-state index in [4.69, 9.17) is 5.73 Å². The molecule has 0 saturated carbocycles. The van der Waals surface area contributed by atoms with Crippen LogP contribution in [-0.2, 0) is 9.59 Å². The second-order valence-corrected chi connectivity index (χ2v) is 6.01. The normalized spacial score (nSPS) is 25.1. The lowest BCUT2D eigenvalue weighted by Gasteiger charge is -2.38. The summed E-state index contributed by atoms with van der Waals surface area (Å²) in [7, 11) is 0. The van der Waals surface area contributed by atoms with E-state index in [1.807, 2.05) is 4.90 Å². The zero-order chi connectivity index (χ0) is 14.5. The summed E-state index contributed by atoms with van der Waals surface area (Å²) < 4.78 is 0. The van der Waals surface area contributed by atoms with Crippen molar-refractivity contribution in [3.8, 4) is 0 Å². The average Bonchev–Trinajstić information content (AvgIpc) is 2.94. The summed E-state index contributed by atoms with van der Waals surface area (Å²) in [5.74, 6) is 0.0992. The van der Waals surface area contributed by atoms with E-state index in [2.05, 4.69) is 11.8 Å². The van der Waals surface area contributed by atoms with Crippen molar-refractivity contribution in [2.24, 2.45) is 5.73 Å². The number of unbranched alkanes of at least 4 members (excludes halogenated alkanes) is 1. The smallest absolute Gasteiger partial charge is 0.234 e. The van der Waals surface area contributed by atoms with E-state index < -0.39 is 0 Å². The molecule has 1 atom stereocenters. The van der Waals surface area contributed by atoms with Crippen molar-refractivity contribution in [3.05, 3.63) is 0 Å². The van der Waals surface area contributed by atoms with Gasteiger partial charge in [0.1, 0.15) is 0 Å². The second kappa shape index (κ2) is 7.07. The molecule has 2 heterocycles. The fraction of sp³-hybridized carbons (Fsp3) is 0.867. The molecule has 2 rings (SSSR count). The van der Waals surface area contributed by atoms with Gasteiger partial charge >= 0.3 is 0 Å². The summed E-state index contributed by atoms with van der Waals surface area (Å²) in [4.78, 5) is 27.7. The molecule has 2 aliphatic rings. The number of hydrogen-bond donors (Lipinski definition) is 1. The molecule has 20 heavy (non-hydrogen) atoms. The molecule has 2 N–H and O–H groups in total. The van der Waals surface area contributed by atoms with Gasteiger partial charge in [0.15, 0.2) is 0 Å². The Morgan fingerprint density at radius 2 is 1.85 bits per heavy atom. The SMILES string of the molecule is CCCCC(=O)N1CCC(N2CCCC2C(N)=O)CC1. The first-order chi connectivity index (χ1) is 9.63. The molecule has 2 aliphatic heterocycles. The largest absolute Gasteiger partial charge is 0.368 e. The summed E-state index contributed by atoms with van der Waals surface area (Å²) in [6.07, 6.45) is 6.62. The van der Waals surface area contributed by atoms with Gasteiger partial charge in [0, 0.05) is 25.6 Å². The van der Waals surface area contributed by atoms with Crippen LogP contribution in [0.2, 0.25) is 0 Å². The highest BCUT2D eigenvalue weighted by Crippen LogP contribution is 2.26. The fourth-order valence-corrected chi connectivity index (χ4v) is 3.46. The predicted molar refractivity (Wildman–Crippen MR) is 78.0 cm³/mol. The topological polar surface area (TPSA) is 66.6 Å². The molecule has 0 aromatic carbocycles. The molecule has 5 heteroatoms. The van der Waals surface area contributed by atoms with E-state index in [-0.39, 0.29) is 17.9 Å². The summed E-state index contributed by atoms with van der Waals surface area (Å²) in [5, 5.41) is 0. The molecule has 0 radical (unpaired) electrons. The molecule has 5 nitrogen and oxygen atoms in total. The van der Waals surface area contributed by atoms with Gasteiger partial charge in [-0.25, -0.2) is 0 Å². The van der Waals surface area contributed by atoms with E-state index >= 15 is 0 Å². The van der Waals surface area contributed by atoms with Crippen molar-refractivity contribution in [2.75, 3.05) is 19.6 Å². The summed E-state index contributed by atoms with van der Waals surface area (Å²) >= 11 is 0. The second-order valence-electron chi connectivity index (χ2n) is 6.01. The highest BCUT2D eigenvalue weighted by Gasteiger charge is 2.36. The third kappa shape index (κ3) is 3.51. The Morgan fingerprint density at radius 3 is 2.45 bits per heavy atom. The van der Waals surface area contributed by atoms with Crippen molar-refractivity contribution in [3.63, 3.8) is 0 Å². The van der Waals surface area contributed by atoms with Gasteiger partial charge < -0.3 is 10.6 Å².